The summed E-state index contributed by atoms with van der Waals surface area (Å²) in [6.07, 6.45) is 11.5. The zero-order chi connectivity index (χ0) is 22.8. The number of nitrogens with one attached hydrogen (secondary N) is 2. The van der Waals surface area contributed by atoms with E-state index in [0.717, 1.165) is 38.1 Å². The Morgan fingerprint density at radius 1 is 1.12 bits per heavy atom. The van der Waals surface area contributed by atoms with E-state index in [4.69, 9.17) is 4.74 Å². The Morgan fingerprint density at radius 2 is 1.94 bits per heavy atom. The van der Waals surface area contributed by atoms with Crippen LogP contribution in [0.25, 0.3) is 0 Å². The SMILES string of the molecule is COC1=CNN(CN2CCN(C3CCC34CCNCC4)C(c3ccccc3C(C)C)C2)C=C1. The van der Waals surface area contributed by atoms with Crippen molar-refractivity contribution in [1.29, 1.82) is 0 Å². The molecule has 4 aliphatic rings. The van der Waals surface area contributed by atoms with Gasteiger partial charge in [-0.15, -0.1) is 0 Å². The molecule has 1 saturated carbocycles. The maximum Gasteiger partial charge on any atom is 0.137 e. The largest absolute Gasteiger partial charge is 0.495 e. The Kier molecular flexibility index (Phi) is 6.68. The van der Waals surface area contributed by atoms with Crippen molar-refractivity contribution in [2.45, 2.75) is 57.5 Å². The maximum absolute atomic E-state index is 5.31. The van der Waals surface area contributed by atoms with Gasteiger partial charge in [0.15, 0.2) is 0 Å². The summed E-state index contributed by atoms with van der Waals surface area (Å²) in [5.74, 6) is 1.40. The zero-order valence-electron chi connectivity index (χ0n) is 20.6. The van der Waals surface area contributed by atoms with Crippen molar-refractivity contribution in [2.24, 2.45) is 5.41 Å². The highest BCUT2D eigenvalue weighted by molar-refractivity contribution is 5.33. The molecule has 0 aromatic heterocycles. The third kappa shape index (κ3) is 4.53. The van der Waals surface area contributed by atoms with Gasteiger partial charge >= 0.3 is 0 Å². The molecule has 1 spiro atoms. The van der Waals surface area contributed by atoms with Crippen LogP contribution in [-0.2, 0) is 4.74 Å². The van der Waals surface area contributed by atoms with Gasteiger partial charge in [0, 0.05) is 37.9 Å². The molecule has 5 rings (SSSR count). The highest BCUT2D eigenvalue weighted by Crippen LogP contribution is 2.53. The number of hydrogen-bond donors (Lipinski definition) is 2. The lowest BCUT2D eigenvalue weighted by Gasteiger charge is -2.60. The summed E-state index contributed by atoms with van der Waals surface area (Å²) in [5.41, 5.74) is 6.94. The minimum Gasteiger partial charge on any atom is -0.495 e. The van der Waals surface area contributed by atoms with Crippen molar-refractivity contribution in [3.63, 3.8) is 0 Å². The van der Waals surface area contributed by atoms with E-state index >= 15 is 0 Å². The first kappa shape index (κ1) is 22.8. The summed E-state index contributed by atoms with van der Waals surface area (Å²) >= 11 is 0. The first-order valence-corrected chi connectivity index (χ1v) is 12.8. The fourth-order valence-electron chi connectivity index (χ4n) is 6.51. The first-order chi connectivity index (χ1) is 16.1. The quantitative estimate of drug-likeness (QED) is 0.686. The van der Waals surface area contributed by atoms with Crippen LogP contribution in [0.1, 0.15) is 62.6 Å². The Bertz CT molecular complexity index is 875. The molecule has 2 atom stereocenters. The van der Waals surface area contributed by atoms with Crippen LogP contribution in [0.3, 0.4) is 0 Å². The molecular formula is C27H41N5O. The molecule has 180 valence electrons. The van der Waals surface area contributed by atoms with E-state index in [1.807, 2.05) is 12.3 Å². The predicted octanol–water partition coefficient (Wildman–Crippen LogP) is 3.78. The van der Waals surface area contributed by atoms with Crippen LogP contribution >= 0.6 is 0 Å². The highest BCUT2D eigenvalue weighted by Gasteiger charge is 2.51. The number of piperazine rings is 1. The van der Waals surface area contributed by atoms with E-state index in [2.05, 4.69) is 69.9 Å². The Balaban J connectivity index is 1.37. The average molecular weight is 452 g/mol. The summed E-state index contributed by atoms with van der Waals surface area (Å²) in [5, 5.41) is 5.75. The van der Waals surface area contributed by atoms with Crippen molar-refractivity contribution in [2.75, 3.05) is 46.5 Å². The number of nitrogens with zero attached hydrogens (tertiary/aromatic N) is 3. The lowest BCUT2D eigenvalue weighted by molar-refractivity contribution is -0.0939. The fraction of sp³-hybridized carbons (Fsp3) is 0.630. The number of methoxy groups -OCH3 is 1. The van der Waals surface area contributed by atoms with Crippen LogP contribution in [-0.4, -0.2) is 67.4 Å². The Labute approximate surface area is 199 Å². The normalized spacial score (nSPS) is 27.9. The smallest absolute Gasteiger partial charge is 0.137 e. The Hall–Kier alpha value is -2.02. The molecule has 6 nitrogen and oxygen atoms in total. The van der Waals surface area contributed by atoms with Crippen LogP contribution in [0, 0.1) is 5.41 Å². The van der Waals surface area contributed by atoms with Gasteiger partial charge in [-0.1, -0.05) is 38.1 Å². The predicted molar refractivity (Wildman–Crippen MR) is 133 cm³/mol. The zero-order valence-corrected chi connectivity index (χ0v) is 20.6. The third-order valence-corrected chi connectivity index (χ3v) is 8.48. The van der Waals surface area contributed by atoms with E-state index in [0.29, 0.717) is 17.4 Å². The number of benzene rings is 1. The molecule has 3 fully saturated rings. The van der Waals surface area contributed by atoms with E-state index in [1.54, 1.807) is 7.11 Å². The van der Waals surface area contributed by atoms with Crippen molar-refractivity contribution >= 4 is 0 Å². The van der Waals surface area contributed by atoms with Crippen molar-refractivity contribution in [3.8, 4) is 0 Å². The van der Waals surface area contributed by atoms with E-state index in [9.17, 15) is 0 Å². The minimum absolute atomic E-state index is 0.452. The Morgan fingerprint density at radius 3 is 2.61 bits per heavy atom. The third-order valence-electron chi connectivity index (χ3n) is 8.48. The first-order valence-electron chi connectivity index (χ1n) is 12.8. The molecule has 3 aliphatic heterocycles. The van der Waals surface area contributed by atoms with Crippen LogP contribution in [0.2, 0.25) is 0 Å². The summed E-state index contributed by atoms with van der Waals surface area (Å²) in [6.45, 7) is 11.2. The topological polar surface area (TPSA) is 43.0 Å². The highest BCUT2D eigenvalue weighted by atomic mass is 16.5. The van der Waals surface area contributed by atoms with E-state index in [-0.39, 0.29) is 0 Å². The van der Waals surface area contributed by atoms with Crippen molar-refractivity contribution in [3.05, 3.63) is 59.6 Å². The van der Waals surface area contributed by atoms with Gasteiger partial charge in [0.05, 0.1) is 20.0 Å². The molecule has 1 aromatic rings. The lowest BCUT2D eigenvalue weighted by Crippen LogP contribution is -2.63. The maximum atomic E-state index is 5.31. The van der Waals surface area contributed by atoms with Crippen LogP contribution in [0.4, 0.5) is 0 Å². The molecule has 0 amide bonds. The molecule has 0 radical (unpaired) electrons. The van der Waals surface area contributed by atoms with Crippen LogP contribution < -0.4 is 10.7 Å². The van der Waals surface area contributed by atoms with Crippen molar-refractivity contribution < 1.29 is 4.74 Å². The molecule has 3 heterocycles. The number of rotatable bonds is 6. The second-order valence-corrected chi connectivity index (χ2v) is 10.6. The van der Waals surface area contributed by atoms with Crippen LogP contribution in [0.15, 0.2) is 48.5 Å². The molecule has 2 unspecified atom stereocenters. The number of piperidine rings is 1. The van der Waals surface area contributed by atoms with E-state index < -0.39 is 0 Å². The van der Waals surface area contributed by atoms with Gasteiger partial charge in [-0.3, -0.25) is 14.8 Å². The minimum atomic E-state index is 0.452. The number of hydrazine groups is 1. The summed E-state index contributed by atoms with van der Waals surface area (Å²) in [6, 6.07) is 10.4. The lowest BCUT2D eigenvalue weighted by atomic mass is 9.58. The second-order valence-electron chi connectivity index (χ2n) is 10.6. The summed E-state index contributed by atoms with van der Waals surface area (Å²) < 4.78 is 5.31. The van der Waals surface area contributed by atoms with Gasteiger partial charge in [0.1, 0.15) is 5.76 Å². The van der Waals surface area contributed by atoms with Gasteiger partial charge in [0.2, 0.25) is 0 Å². The second kappa shape index (κ2) is 9.69. The molecule has 6 heteroatoms. The molecule has 1 aliphatic carbocycles. The number of allylic oxidation sites excluding steroid dienone is 1. The van der Waals surface area contributed by atoms with Gasteiger partial charge in [-0.25, -0.2) is 0 Å². The van der Waals surface area contributed by atoms with Gasteiger partial charge in [0.25, 0.3) is 0 Å². The fourth-order valence-corrected chi connectivity index (χ4v) is 6.51. The molecule has 0 bridgehead atoms. The molecular weight excluding hydrogens is 410 g/mol. The molecule has 33 heavy (non-hydrogen) atoms. The number of ether oxygens (including phenoxy) is 1. The monoisotopic (exact) mass is 451 g/mol. The van der Waals surface area contributed by atoms with Crippen LogP contribution in [0.5, 0.6) is 0 Å². The van der Waals surface area contributed by atoms with Crippen molar-refractivity contribution in [1.82, 2.24) is 25.6 Å². The molecule has 2 saturated heterocycles. The van der Waals surface area contributed by atoms with E-state index in [1.165, 1.54) is 49.9 Å². The van der Waals surface area contributed by atoms with Gasteiger partial charge < -0.3 is 15.5 Å². The standard InChI is InChI=1S/C27H41N5O/c1-21(2)23-6-4-5-7-24(23)25-19-30(20-31-15-9-22(33-3)18-29-31)16-17-32(25)26-8-10-27(26)11-13-28-14-12-27/h4-7,9,15,18,21,25-26,28-29H,8,10-14,16-17,19-20H2,1-3H3. The molecule has 2 N–H and O–H groups in total. The van der Waals surface area contributed by atoms with Gasteiger partial charge in [-0.05, 0) is 67.3 Å². The average Bonchev–Trinajstić information content (AvgIpc) is 2.85. The van der Waals surface area contributed by atoms with Gasteiger partial charge in [-0.2, -0.15) is 0 Å². The summed E-state index contributed by atoms with van der Waals surface area (Å²) in [7, 11) is 1.71. The summed E-state index contributed by atoms with van der Waals surface area (Å²) in [4.78, 5) is 5.52. The molecule has 1 aromatic carbocycles. The number of hydrogen-bond acceptors (Lipinski definition) is 6.